The highest BCUT2D eigenvalue weighted by atomic mass is 35.5. The quantitative estimate of drug-likeness (QED) is 0.681. The second-order valence-corrected chi connectivity index (χ2v) is 4.42. The van der Waals surface area contributed by atoms with Crippen LogP contribution in [0, 0.1) is 0 Å². The molecule has 0 heterocycles. The Bertz CT molecular complexity index is 255. The average molecular weight is 229 g/mol. The molecule has 2 nitrogen and oxygen atoms in total. The van der Waals surface area contributed by atoms with E-state index in [0.717, 1.165) is 0 Å². The van der Waals surface area contributed by atoms with E-state index in [-0.39, 0.29) is 16.9 Å². The van der Waals surface area contributed by atoms with Crippen LogP contribution >= 0.6 is 34.8 Å². The number of carbonyl (C=O) groups is 1. The molecule has 0 radical (unpaired) electrons. The monoisotopic (exact) mass is 228 g/mol. The summed E-state index contributed by atoms with van der Waals surface area (Å²) < 4.78 is 3.58. The maximum absolute atomic E-state index is 10.9. The van der Waals surface area contributed by atoms with Gasteiger partial charge in [0.15, 0.2) is 5.76 Å². The number of Topliss-reactive ketones (excluding diaryl/α,β-unsaturated/α-hetero) is 1. The third kappa shape index (κ3) is 1.43. The number of ketones is 1. The zero-order valence-electron chi connectivity index (χ0n) is 6.53. The molecule has 0 aromatic rings. The average Bonchev–Trinajstić information content (AvgIpc) is 1.98. The molecule has 0 fully saturated rings. The van der Waals surface area contributed by atoms with Gasteiger partial charge in [0.05, 0.1) is 6.10 Å². The summed E-state index contributed by atoms with van der Waals surface area (Å²) in [6.45, 7) is 3.59. The Morgan fingerprint density at radius 2 is 1.92 bits per heavy atom. The van der Waals surface area contributed by atoms with Gasteiger partial charge in [0.2, 0.25) is 10.1 Å². The molecule has 1 aliphatic carbocycles. The number of carbonyl (C=O) groups excluding carboxylic acids is 1. The van der Waals surface area contributed by atoms with E-state index in [2.05, 4.69) is 0 Å². The molecule has 1 aliphatic rings. The minimum absolute atomic E-state index is 0.00583. The van der Waals surface area contributed by atoms with Crippen LogP contribution in [0.5, 0.6) is 0 Å². The number of rotatable bonds is 2. The molecule has 0 unspecified atom stereocenters. The van der Waals surface area contributed by atoms with Gasteiger partial charge in [-0.25, -0.2) is 0 Å². The molecule has 0 saturated heterocycles. The number of alkyl halides is 2. The maximum Gasteiger partial charge on any atom is 0.239 e. The van der Waals surface area contributed by atoms with Crippen molar-refractivity contribution in [2.75, 3.05) is 0 Å². The van der Waals surface area contributed by atoms with E-state index in [1.165, 1.54) is 0 Å². The van der Waals surface area contributed by atoms with Crippen molar-refractivity contribution < 1.29 is 9.53 Å². The van der Waals surface area contributed by atoms with E-state index in [9.17, 15) is 4.79 Å². The van der Waals surface area contributed by atoms with Crippen molar-refractivity contribution >= 4 is 40.6 Å². The minimum Gasteiger partial charge on any atom is -0.490 e. The lowest BCUT2D eigenvalue weighted by Crippen LogP contribution is -2.41. The standard InChI is InChI=1S/C7H7Cl3O2/c1-3(2)12-6-4(8)5(11)7(6,9)10/h3H,1-2H3. The van der Waals surface area contributed by atoms with E-state index in [1.807, 2.05) is 0 Å². The first-order valence-corrected chi connectivity index (χ1v) is 4.50. The number of halogens is 3. The van der Waals surface area contributed by atoms with E-state index >= 15 is 0 Å². The van der Waals surface area contributed by atoms with Crippen LogP contribution in [0.1, 0.15) is 13.8 Å². The number of allylic oxidation sites excluding steroid dienone is 2. The lowest BCUT2D eigenvalue weighted by molar-refractivity contribution is -0.118. The molecule has 0 saturated carbocycles. The second kappa shape index (κ2) is 3.09. The number of hydrogen-bond donors (Lipinski definition) is 0. The van der Waals surface area contributed by atoms with E-state index in [0.29, 0.717) is 0 Å². The van der Waals surface area contributed by atoms with Crippen LogP contribution in [0.4, 0.5) is 0 Å². The summed E-state index contributed by atoms with van der Waals surface area (Å²) in [4.78, 5) is 10.9. The Labute approximate surface area is 85.4 Å². The lowest BCUT2D eigenvalue weighted by atomic mass is 10.0. The smallest absolute Gasteiger partial charge is 0.239 e. The van der Waals surface area contributed by atoms with Gasteiger partial charge in [-0.2, -0.15) is 0 Å². The second-order valence-electron chi connectivity index (χ2n) is 2.71. The van der Waals surface area contributed by atoms with Gasteiger partial charge in [-0.1, -0.05) is 34.8 Å². The summed E-state index contributed by atoms with van der Waals surface area (Å²) in [6.07, 6.45) is -0.0984. The molecule has 0 aromatic carbocycles. The summed E-state index contributed by atoms with van der Waals surface area (Å²) >= 11 is 16.7. The molecule has 0 bridgehead atoms. The Morgan fingerprint density at radius 3 is 2.25 bits per heavy atom. The van der Waals surface area contributed by atoms with Crippen molar-refractivity contribution in [3.05, 3.63) is 10.8 Å². The van der Waals surface area contributed by atoms with Gasteiger partial charge >= 0.3 is 0 Å². The minimum atomic E-state index is -1.57. The summed E-state index contributed by atoms with van der Waals surface area (Å²) in [5.74, 6) is -0.337. The predicted molar refractivity (Wildman–Crippen MR) is 48.5 cm³/mol. The highest BCUT2D eigenvalue weighted by Gasteiger charge is 2.53. The number of hydrogen-bond acceptors (Lipinski definition) is 2. The van der Waals surface area contributed by atoms with Gasteiger partial charge in [0.1, 0.15) is 5.03 Å². The Balaban J connectivity index is 2.84. The SMILES string of the molecule is CC(C)OC1=C(Cl)C(=O)C1(Cl)Cl. The number of ether oxygens (including phenoxy) is 1. The van der Waals surface area contributed by atoms with E-state index in [4.69, 9.17) is 39.5 Å². The molecule has 0 aliphatic heterocycles. The van der Waals surface area contributed by atoms with Crippen molar-refractivity contribution in [1.82, 2.24) is 0 Å². The summed E-state index contributed by atoms with van der Waals surface area (Å²) in [6, 6.07) is 0. The molecule has 0 aromatic heterocycles. The van der Waals surface area contributed by atoms with Gasteiger partial charge in [0.25, 0.3) is 0 Å². The van der Waals surface area contributed by atoms with Crippen LogP contribution in [0.15, 0.2) is 10.8 Å². The van der Waals surface area contributed by atoms with Gasteiger partial charge in [-0.15, -0.1) is 0 Å². The molecule has 5 heteroatoms. The lowest BCUT2D eigenvalue weighted by Gasteiger charge is -2.31. The van der Waals surface area contributed by atoms with Crippen LogP contribution in [-0.2, 0) is 9.53 Å². The van der Waals surface area contributed by atoms with Gasteiger partial charge in [-0.3, -0.25) is 4.79 Å². The molecule has 0 spiro atoms. The first-order valence-electron chi connectivity index (χ1n) is 3.37. The highest BCUT2D eigenvalue weighted by Crippen LogP contribution is 2.46. The fourth-order valence-corrected chi connectivity index (χ4v) is 1.77. The van der Waals surface area contributed by atoms with Crippen LogP contribution in [0.25, 0.3) is 0 Å². The molecule has 0 amide bonds. The molecule has 0 atom stereocenters. The molecular weight excluding hydrogens is 222 g/mol. The Hall–Kier alpha value is 0.0800. The van der Waals surface area contributed by atoms with Crippen LogP contribution in [0.3, 0.4) is 0 Å². The van der Waals surface area contributed by atoms with E-state index in [1.54, 1.807) is 13.8 Å². The van der Waals surface area contributed by atoms with Crippen molar-refractivity contribution in [2.24, 2.45) is 0 Å². The normalized spacial score (nSPS) is 21.3. The Morgan fingerprint density at radius 1 is 1.42 bits per heavy atom. The van der Waals surface area contributed by atoms with Gasteiger partial charge in [0, 0.05) is 0 Å². The predicted octanol–water partition coefficient (Wildman–Crippen LogP) is 2.62. The van der Waals surface area contributed by atoms with Crippen LogP contribution < -0.4 is 0 Å². The van der Waals surface area contributed by atoms with Crippen molar-refractivity contribution in [3.8, 4) is 0 Å². The van der Waals surface area contributed by atoms with Crippen LogP contribution in [0.2, 0.25) is 0 Å². The molecule has 0 N–H and O–H groups in total. The molecule has 12 heavy (non-hydrogen) atoms. The van der Waals surface area contributed by atoms with Crippen molar-refractivity contribution in [1.29, 1.82) is 0 Å². The first-order chi connectivity index (χ1) is 5.37. The molecule has 1 rings (SSSR count). The summed E-state index contributed by atoms with van der Waals surface area (Å²) in [5.41, 5.74) is 0. The fourth-order valence-electron chi connectivity index (χ4n) is 0.781. The first kappa shape index (κ1) is 10.2. The zero-order valence-corrected chi connectivity index (χ0v) is 8.80. The third-order valence-electron chi connectivity index (χ3n) is 1.32. The third-order valence-corrected chi connectivity index (χ3v) is 2.35. The van der Waals surface area contributed by atoms with Gasteiger partial charge in [-0.05, 0) is 13.8 Å². The molecule has 68 valence electrons. The molecular formula is C7H7Cl3O2. The highest BCUT2D eigenvalue weighted by molar-refractivity contribution is 6.69. The fraction of sp³-hybridized carbons (Fsp3) is 0.571. The Kier molecular flexibility index (Phi) is 2.62. The topological polar surface area (TPSA) is 26.3 Å². The summed E-state index contributed by atoms with van der Waals surface area (Å²) in [7, 11) is 0. The maximum atomic E-state index is 10.9. The largest absolute Gasteiger partial charge is 0.490 e. The summed E-state index contributed by atoms with van der Waals surface area (Å²) in [5, 5.41) is -0.00583. The zero-order chi connectivity index (χ0) is 9.52. The van der Waals surface area contributed by atoms with Crippen molar-refractivity contribution in [2.45, 2.75) is 24.3 Å². The van der Waals surface area contributed by atoms with Gasteiger partial charge < -0.3 is 4.74 Å². The van der Waals surface area contributed by atoms with Crippen LogP contribution in [-0.4, -0.2) is 16.2 Å². The van der Waals surface area contributed by atoms with E-state index < -0.39 is 10.1 Å². The van der Waals surface area contributed by atoms with Crippen molar-refractivity contribution in [3.63, 3.8) is 0 Å².